The molecule has 2 aliphatic heterocycles. The second kappa shape index (κ2) is 9.56. The molecular formula is C24H29N5O3. The van der Waals surface area contributed by atoms with Crippen molar-refractivity contribution in [3.8, 4) is 23.1 Å². The Balaban J connectivity index is 1.30. The number of hydrogen-bond donors (Lipinski definition) is 1. The first kappa shape index (κ1) is 20.8. The summed E-state index contributed by atoms with van der Waals surface area (Å²) in [4.78, 5) is 15.7. The van der Waals surface area contributed by atoms with Crippen LogP contribution in [0, 0.1) is 0 Å². The van der Waals surface area contributed by atoms with Gasteiger partial charge in [0.15, 0.2) is 11.5 Å². The Hall–Kier alpha value is -3.13. The van der Waals surface area contributed by atoms with Gasteiger partial charge in [0.25, 0.3) is 0 Å². The number of ether oxygens (including phenoxy) is 3. The van der Waals surface area contributed by atoms with Crippen molar-refractivity contribution in [2.45, 2.75) is 32.1 Å². The molecule has 0 bridgehead atoms. The van der Waals surface area contributed by atoms with E-state index in [0.29, 0.717) is 29.7 Å². The molecular weight excluding hydrogens is 406 g/mol. The molecule has 0 radical (unpaired) electrons. The molecule has 32 heavy (non-hydrogen) atoms. The van der Waals surface area contributed by atoms with Crippen LogP contribution in [0.2, 0.25) is 0 Å². The Kier molecular flexibility index (Phi) is 6.20. The number of benzene rings is 1. The van der Waals surface area contributed by atoms with Gasteiger partial charge in [0, 0.05) is 19.2 Å². The van der Waals surface area contributed by atoms with E-state index >= 15 is 0 Å². The maximum absolute atomic E-state index is 6.08. The number of hydrogen-bond acceptors (Lipinski definition) is 8. The summed E-state index contributed by atoms with van der Waals surface area (Å²) in [6.45, 7) is 5.02. The Bertz CT molecular complexity index is 1080. The maximum Gasteiger partial charge on any atom is 0.230 e. The molecule has 2 aromatic heterocycles. The number of piperidine rings is 1. The summed E-state index contributed by atoms with van der Waals surface area (Å²) in [6.07, 6.45) is 9.11. The lowest BCUT2D eigenvalue weighted by atomic mass is 10.1. The fourth-order valence-corrected chi connectivity index (χ4v) is 4.37. The van der Waals surface area contributed by atoms with Crippen LogP contribution < -0.4 is 19.5 Å². The second-order valence-electron chi connectivity index (χ2n) is 8.26. The topological polar surface area (TPSA) is 81.6 Å². The molecule has 0 spiro atoms. The van der Waals surface area contributed by atoms with E-state index in [-0.39, 0.29) is 0 Å². The van der Waals surface area contributed by atoms with Gasteiger partial charge in [-0.05, 0) is 56.5 Å². The molecule has 8 heteroatoms. The highest BCUT2D eigenvalue weighted by molar-refractivity contribution is 5.87. The molecule has 0 unspecified atom stereocenters. The number of rotatable bonds is 8. The number of anilines is 1. The van der Waals surface area contributed by atoms with Gasteiger partial charge in [-0.25, -0.2) is 15.0 Å². The van der Waals surface area contributed by atoms with Crippen LogP contribution in [0.25, 0.3) is 10.9 Å². The number of likely N-dealkylation sites (tertiary alicyclic amines) is 1. The average Bonchev–Trinajstić information content (AvgIpc) is 3.30. The maximum atomic E-state index is 6.08. The SMILES string of the molecule is COc1cc2c(Oc3cnc4c(c3)CCN4)ncnc2cc1OCCCN1CCCCC1. The molecule has 0 atom stereocenters. The minimum absolute atomic E-state index is 0.470. The Morgan fingerprint density at radius 1 is 1.03 bits per heavy atom. The smallest absolute Gasteiger partial charge is 0.230 e. The van der Waals surface area contributed by atoms with Gasteiger partial charge < -0.3 is 24.4 Å². The standard InChI is InChI=1S/C24H29N5O3/c1-30-21-13-19-20(14-22(21)31-11-5-10-29-8-3-2-4-9-29)27-16-28-24(19)32-18-12-17-6-7-25-23(17)26-15-18/h12-16H,2-11H2,1H3,(H,25,26). The summed E-state index contributed by atoms with van der Waals surface area (Å²) >= 11 is 0. The summed E-state index contributed by atoms with van der Waals surface area (Å²) in [5.74, 6) is 3.38. The first-order chi connectivity index (χ1) is 15.8. The molecule has 4 heterocycles. The molecule has 0 amide bonds. The van der Waals surface area contributed by atoms with E-state index in [2.05, 4.69) is 25.2 Å². The molecule has 1 fully saturated rings. The third kappa shape index (κ3) is 4.55. The number of fused-ring (bicyclic) bond motifs is 2. The third-order valence-corrected chi connectivity index (χ3v) is 6.05. The summed E-state index contributed by atoms with van der Waals surface area (Å²) in [5.41, 5.74) is 1.90. The van der Waals surface area contributed by atoms with Gasteiger partial charge in [-0.3, -0.25) is 0 Å². The first-order valence-corrected chi connectivity index (χ1v) is 11.4. The minimum Gasteiger partial charge on any atom is -0.493 e. The molecule has 5 rings (SSSR count). The largest absolute Gasteiger partial charge is 0.493 e. The second-order valence-corrected chi connectivity index (χ2v) is 8.26. The van der Waals surface area contributed by atoms with Crippen LogP contribution in [0.1, 0.15) is 31.2 Å². The fraction of sp³-hybridized carbons (Fsp3) is 0.458. The van der Waals surface area contributed by atoms with E-state index in [1.807, 2.05) is 18.2 Å². The van der Waals surface area contributed by atoms with Crippen molar-refractivity contribution >= 4 is 16.7 Å². The number of pyridine rings is 1. The van der Waals surface area contributed by atoms with E-state index in [4.69, 9.17) is 14.2 Å². The molecule has 0 saturated carbocycles. The van der Waals surface area contributed by atoms with Gasteiger partial charge in [-0.1, -0.05) is 6.42 Å². The van der Waals surface area contributed by atoms with Crippen molar-refractivity contribution < 1.29 is 14.2 Å². The van der Waals surface area contributed by atoms with Crippen LogP contribution in [-0.4, -0.2) is 59.7 Å². The number of nitrogens with one attached hydrogen (secondary N) is 1. The van der Waals surface area contributed by atoms with Crippen LogP contribution in [0.5, 0.6) is 23.1 Å². The minimum atomic E-state index is 0.470. The van der Waals surface area contributed by atoms with Crippen molar-refractivity contribution in [2.75, 3.05) is 45.2 Å². The monoisotopic (exact) mass is 435 g/mol. The molecule has 2 aliphatic rings. The first-order valence-electron chi connectivity index (χ1n) is 11.4. The van der Waals surface area contributed by atoms with Crippen LogP contribution in [0.15, 0.2) is 30.7 Å². The van der Waals surface area contributed by atoms with Gasteiger partial charge in [-0.15, -0.1) is 0 Å². The summed E-state index contributed by atoms with van der Waals surface area (Å²) in [5, 5.41) is 4.02. The van der Waals surface area contributed by atoms with Crippen molar-refractivity contribution in [1.29, 1.82) is 0 Å². The molecule has 3 aromatic rings. The predicted octanol–water partition coefficient (Wildman–Crippen LogP) is 4.05. The molecule has 0 aliphatic carbocycles. The van der Waals surface area contributed by atoms with Crippen LogP contribution in [0.3, 0.4) is 0 Å². The number of methoxy groups -OCH3 is 1. The van der Waals surface area contributed by atoms with Gasteiger partial charge in [0.1, 0.15) is 17.9 Å². The van der Waals surface area contributed by atoms with Crippen molar-refractivity contribution in [1.82, 2.24) is 19.9 Å². The van der Waals surface area contributed by atoms with Gasteiger partial charge in [-0.2, -0.15) is 0 Å². The lowest BCUT2D eigenvalue weighted by Gasteiger charge is -2.26. The van der Waals surface area contributed by atoms with Gasteiger partial charge >= 0.3 is 0 Å². The normalized spacial score (nSPS) is 15.9. The third-order valence-electron chi connectivity index (χ3n) is 6.05. The fourth-order valence-electron chi connectivity index (χ4n) is 4.37. The quantitative estimate of drug-likeness (QED) is 0.531. The van der Waals surface area contributed by atoms with Crippen LogP contribution in [0.4, 0.5) is 5.82 Å². The van der Waals surface area contributed by atoms with Crippen molar-refractivity contribution in [2.24, 2.45) is 0 Å². The lowest BCUT2D eigenvalue weighted by Crippen LogP contribution is -2.31. The Morgan fingerprint density at radius 2 is 1.94 bits per heavy atom. The Labute approximate surface area is 187 Å². The van der Waals surface area contributed by atoms with E-state index in [0.717, 1.165) is 48.2 Å². The van der Waals surface area contributed by atoms with E-state index in [9.17, 15) is 0 Å². The van der Waals surface area contributed by atoms with Gasteiger partial charge in [0.05, 0.1) is 30.8 Å². The molecule has 1 N–H and O–H groups in total. The summed E-state index contributed by atoms with van der Waals surface area (Å²) in [7, 11) is 1.64. The highest BCUT2D eigenvalue weighted by Crippen LogP contribution is 2.36. The summed E-state index contributed by atoms with van der Waals surface area (Å²) in [6, 6.07) is 5.79. The molecule has 1 aromatic carbocycles. The zero-order valence-electron chi connectivity index (χ0n) is 18.5. The van der Waals surface area contributed by atoms with Crippen molar-refractivity contribution in [3.05, 3.63) is 36.3 Å². The zero-order valence-corrected chi connectivity index (χ0v) is 18.5. The van der Waals surface area contributed by atoms with Gasteiger partial charge in [0.2, 0.25) is 5.88 Å². The number of nitrogens with zero attached hydrogens (tertiary/aromatic N) is 4. The predicted molar refractivity (Wildman–Crippen MR) is 123 cm³/mol. The summed E-state index contributed by atoms with van der Waals surface area (Å²) < 4.78 is 17.7. The van der Waals surface area contributed by atoms with E-state index in [1.165, 1.54) is 38.7 Å². The Morgan fingerprint density at radius 3 is 2.81 bits per heavy atom. The van der Waals surface area contributed by atoms with Crippen LogP contribution in [-0.2, 0) is 6.42 Å². The van der Waals surface area contributed by atoms with Crippen molar-refractivity contribution in [3.63, 3.8) is 0 Å². The lowest BCUT2D eigenvalue weighted by molar-refractivity contribution is 0.203. The molecule has 1 saturated heterocycles. The highest BCUT2D eigenvalue weighted by atomic mass is 16.5. The number of aromatic nitrogens is 3. The molecule has 8 nitrogen and oxygen atoms in total. The highest BCUT2D eigenvalue weighted by Gasteiger charge is 2.16. The zero-order chi connectivity index (χ0) is 21.8. The van der Waals surface area contributed by atoms with E-state index < -0.39 is 0 Å². The molecule has 168 valence electrons. The van der Waals surface area contributed by atoms with Crippen LogP contribution >= 0.6 is 0 Å². The van der Waals surface area contributed by atoms with E-state index in [1.54, 1.807) is 13.3 Å². The average molecular weight is 436 g/mol.